The van der Waals surface area contributed by atoms with Gasteiger partial charge in [0.1, 0.15) is 5.82 Å². The Bertz CT molecular complexity index is 513. The fourth-order valence-electron chi connectivity index (χ4n) is 2.93. The lowest BCUT2D eigenvalue weighted by Crippen LogP contribution is -2.37. The van der Waals surface area contributed by atoms with E-state index in [2.05, 4.69) is 38.0 Å². The first-order chi connectivity index (χ1) is 9.77. The van der Waals surface area contributed by atoms with Crippen LogP contribution in [0.5, 0.6) is 0 Å². The monoisotopic (exact) mass is 289 g/mol. The summed E-state index contributed by atoms with van der Waals surface area (Å²) in [5.74, 6) is 0.963. The van der Waals surface area contributed by atoms with E-state index in [1.165, 1.54) is 25.7 Å². The van der Waals surface area contributed by atoms with E-state index in [1.54, 1.807) is 6.07 Å². The molecular weight excluding hydrogens is 262 g/mol. The van der Waals surface area contributed by atoms with Gasteiger partial charge in [-0.15, -0.1) is 0 Å². The minimum absolute atomic E-state index is 0.0472. The van der Waals surface area contributed by atoms with E-state index in [4.69, 9.17) is 5.73 Å². The van der Waals surface area contributed by atoms with E-state index in [1.807, 2.05) is 6.07 Å². The Morgan fingerprint density at radius 2 is 1.95 bits per heavy atom. The molecule has 3 N–H and O–H groups in total. The summed E-state index contributed by atoms with van der Waals surface area (Å²) in [6.07, 6.45) is 4.99. The number of rotatable bonds is 3. The molecule has 0 saturated heterocycles. The van der Waals surface area contributed by atoms with E-state index < -0.39 is 0 Å². The van der Waals surface area contributed by atoms with Crippen LogP contribution in [0.3, 0.4) is 0 Å². The van der Waals surface area contributed by atoms with Crippen LogP contribution in [0.15, 0.2) is 12.1 Å². The first kappa shape index (κ1) is 15.8. The molecule has 0 spiro atoms. The first-order valence-corrected chi connectivity index (χ1v) is 7.86. The van der Waals surface area contributed by atoms with Gasteiger partial charge in [0.2, 0.25) is 0 Å². The van der Waals surface area contributed by atoms with Crippen LogP contribution in [0.2, 0.25) is 0 Å². The molecule has 1 atom stereocenters. The topological polar surface area (TPSA) is 68.0 Å². The lowest BCUT2D eigenvalue weighted by atomic mass is 9.90. The summed E-state index contributed by atoms with van der Waals surface area (Å²) in [4.78, 5) is 16.8. The molecular formula is C17H27N3O. The Kier molecular flexibility index (Phi) is 4.55. The normalized spacial score (nSPS) is 17.7. The molecule has 0 bridgehead atoms. The molecule has 1 unspecified atom stereocenters. The molecule has 0 aliphatic heterocycles. The molecule has 116 valence electrons. The summed E-state index contributed by atoms with van der Waals surface area (Å²) >= 11 is 0. The van der Waals surface area contributed by atoms with Crippen LogP contribution in [-0.2, 0) is 5.41 Å². The Morgan fingerprint density at radius 1 is 1.33 bits per heavy atom. The van der Waals surface area contributed by atoms with E-state index in [0.29, 0.717) is 17.3 Å². The predicted octanol–water partition coefficient (Wildman–Crippen LogP) is 3.27. The van der Waals surface area contributed by atoms with Gasteiger partial charge in [0, 0.05) is 22.7 Å². The highest BCUT2D eigenvalue weighted by Gasteiger charge is 2.24. The minimum Gasteiger partial charge on any atom is -0.384 e. The summed E-state index contributed by atoms with van der Waals surface area (Å²) in [5.41, 5.74) is 7.19. The van der Waals surface area contributed by atoms with Crippen molar-refractivity contribution < 1.29 is 4.79 Å². The van der Waals surface area contributed by atoms with Gasteiger partial charge < -0.3 is 11.1 Å². The number of anilines is 1. The molecule has 1 aromatic heterocycles. The highest BCUT2D eigenvalue weighted by Crippen LogP contribution is 2.28. The van der Waals surface area contributed by atoms with Gasteiger partial charge in [-0.3, -0.25) is 4.79 Å². The van der Waals surface area contributed by atoms with Crippen molar-refractivity contribution in [2.24, 2.45) is 5.92 Å². The smallest absolute Gasteiger partial charge is 0.251 e. The molecule has 1 amide bonds. The quantitative estimate of drug-likeness (QED) is 0.897. The second-order valence-corrected chi connectivity index (χ2v) is 7.22. The lowest BCUT2D eigenvalue weighted by molar-refractivity contribution is 0.0927. The number of pyridine rings is 1. The molecule has 0 aromatic carbocycles. The summed E-state index contributed by atoms with van der Waals surface area (Å²) < 4.78 is 0. The van der Waals surface area contributed by atoms with Crippen LogP contribution >= 0.6 is 0 Å². The highest BCUT2D eigenvalue weighted by molar-refractivity contribution is 5.95. The number of aromatic nitrogens is 1. The molecule has 21 heavy (non-hydrogen) atoms. The van der Waals surface area contributed by atoms with Gasteiger partial charge in [-0.05, 0) is 37.8 Å². The lowest BCUT2D eigenvalue weighted by Gasteiger charge is -2.22. The van der Waals surface area contributed by atoms with Gasteiger partial charge in [-0.2, -0.15) is 0 Å². The molecule has 1 aliphatic carbocycles. The van der Waals surface area contributed by atoms with Crippen LogP contribution in [0.4, 0.5) is 5.82 Å². The number of amides is 1. The number of nitrogen functional groups attached to an aromatic ring is 1. The van der Waals surface area contributed by atoms with E-state index in [9.17, 15) is 4.79 Å². The second-order valence-electron chi connectivity index (χ2n) is 7.22. The zero-order chi connectivity index (χ0) is 15.6. The Hall–Kier alpha value is -1.58. The number of hydrogen-bond acceptors (Lipinski definition) is 3. The van der Waals surface area contributed by atoms with Crippen LogP contribution in [0.25, 0.3) is 0 Å². The van der Waals surface area contributed by atoms with Crippen LogP contribution < -0.4 is 11.1 Å². The SMILES string of the molecule is CC(NC(=O)c1cc(N)nc(C(C)(C)C)c1)C1CCCC1. The fraction of sp³-hybridized carbons (Fsp3) is 0.647. The molecule has 0 radical (unpaired) electrons. The Morgan fingerprint density at radius 3 is 2.52 bits per heavy atom. The van der Waals surface area contributed by atoms with Crippen LogP contribution in [0, 0.1) is 5.92 Å². The molecule has 4 nitrogen and oxygen atoms in total. The number of carbonyl (C=O) groups excluding carboxylic acids is 1. The summed E-state index contributed by atoms with van der Waals surface area (Å²) in [7, 11) is 0. The van der Waals surface area contributed by atoms with Gasteiger partial charge in [0.15, 0.2) is 0 Å². The van der Waals surface area contributed by atoms with Crippen molar-refractivity contribution in [3.05, 3.63) is 23.4 Å². The zero-order valence-electron chi connectivity index (χ0n) is 13.6. The Balaban J connectivity index is 2.13. The van der Waals surface area contributed by atoms with Gasteiger partial charge in [0.25, 0.3) is 5.91 Å². The van der Waals surface area contributed by atoms with Crippen molar-refractivity contribution >= 4 is 11.7 Å². The van der Waals surface area contributed by atoms with E-state index in [0.717, 1.165) is 5.69 Å². The maximum Gasteiger partial charge on any atom is 0.251 e. The van der Waals surface area contributed by atoms with Crippen molar-refractivity contribution in [3.63, 3.8) is 0 Å². The van der Waals surface area contributed by atoms with Crippen LogP contribution in [0.1, 0.15) is 69.4 Å². The number of hydrogen-bond donors (Lipinski definition) is 2. The van der Waals surface area contributed by atoms with Crippen molar-refractivity contribution in [3.8, 4) is 0 Å². The summed E-state index contributed by atoms with van der Waals surface area (Å²) in [5, 5.41) is 3.12. The standard InChI is InChI=1S/C17H27N3O/c1-11(12-7-5-6-8-12)19-16(21)13-9-14(17(2,3)4)20-15(18)10-13/h9-12H,5-8H2,1-4H3,(H2,18,20)(H,19,21). The number of nitrogens with one attached hydrogen (secondary N) is 1. The van der Waals surface area contributed by atoms with Gasteiger partial charge >= 0.3 is 0 Å². The third-order valence-electron chi connectivity index (χ3n) is 4.34. The summed E-state index contributed by atoms with van der Waals surface area (Å²) in [6, 6.07) is 3.73. The molecule has 1 fully saturated rings. The minimum atomic E-state index is -0.124. The molecule has 2 rings (SSSR count). The van der Waals surface area contributed by atoms with Crippen molar-refractivity contribution in [1.82, 2.24) is 10.3 Å². The molecule has 1 saturated carbocycles. The van der Waals surface area contributed by atoms with Crippen LogP contribution in [-0.4, -0.2) is 16.9 Å². The summed E-state index contributed by atoms with van der Waals surface area (Å²) in [6.45, 7) is 8.30. The van der Waals surface area contributed by atoms with Gasteiger partial charge in [-0.25, -0.2) is 4.98 Å². The number of carbonyl (C=O) groups is 1. The van der Waals surface area contributed by atoms with Gasteiger partial charge in [-0.1, -0.05) is 33.6 Å². The third-order valence-corrected chi connectivity index (χ3v) is 4.34. The second kappa shape index (κ2) is 6.04. The van der Waals surface area contributed by atoms with Crippen molar-refractivity contribution in [1.29, 1.82) is 0 Å². The maximum atomic E-state index is 12.4. The van der Waals surface area contributed by atoms with E-state index in [-0.39, 0.29) is 17.4 Å². The average molecular weight is 289 g/mol. The molecule has 1 aliphatic rings. The van der Waals surface area contributed by atoms with Crippen molar-refractivity contribution in [2.45, 2.75) is 64.8 Å². The highest BCUT2D eigenvalue weighted by atomic mass is 16.1. The molecule has 1 heterocycles. The number of nitrogens with two attached hydrogens (primary N) is 1. The zero-order valence-corrected chi connectivity index (χ0v) is 13.6. The largest absolute Gasteiger partial charge is 0.384 e. The maximum absolute atomic E-state index is 12.4. The molecule has 4 heteroatoms. The van der Waals surface area contributed by atoms with Gasteiger partial charge in [0.05, 0.1) is 0 Å². The van der Waals surface area contributed by atoms with E-state index >= 15 is 0 Å². The third kappa shape index (κ3) is 3.96. The molecule has 1 aromatic rings. The van der Waals surface area contributed by atoms with Crippen molar-refractivity contribution in [2.75, 3.05) is 5.73 Å². The number of nitrogens with zero attached hydrogens (tertiary/aromatic N) is 1. The predicted molar refractivity (Wildman–Crippen MR) is 86.2 cm³/mol. The fourth-order valence-corrected chi connectivity index (χ4v) is 2.93. The Labute approximate surface area is 127 Å². The average Bonchev–Trinajstić information content (AvgIpc) is 2.90. The first-order valence-electron chi connectivity index (χ1n) is 7.86.